The maximum atomic E-state index is 13.0. The first kappa shape index (κ1) is 15.0. The number of nitrogens with zero attached hydrogens (tertiary/aromatic N) is 2. The van der Waals surface area contributed by atoms with Gasteiger partial charge in [-0.1, -0.05) is 35.9 Å². The monoisotopic (exact) mass is 338 g/mol. The molecule has 0 spiro atoms. The van der Waals surface area contributed by atoms with E-state index in [1.807, 2.05) is 30.3 Å². The zero-order valence-corrected chi connectivity index (χ0v) is 13.9. The van der Waals surface area contributed by atoms with Crippen LogP contribution in [0.2, 0.25) is 5.02 Å². The van der Waals surface area contributed by atoms with Crippen LogP contribution in [0.4, 0.5) is 5.82 Å². The van der Waals surface area contributed by atoms with E-state index < -0.39 is 0 Å². The van der Waals surface area contributed by atoms with Gasteiger partial charge < -0.3 is 4.74 Å². The maximum absolute atomic E-state index is 13.0. The topological polar surface area (TPSA) is 42.4 Å². The van der Waals surface area contributed by atoms with Crippen molar-refractivity contribution in [1.29, 1.82) is 0 Å². The van der Waals surface area contributed by atoms with Crippen LogP contribution in [0.15, 0.2) is 48.5 Å². The summed E-state index contributed by atoms with van der Waals surface area (Å²) in [6.07, 6.45) is 0.783. The van der Waals surface area contributed by atoms with Crippen molar-refractivity contribution in [2.75, 3.05) is 18.6 Å². The molecular formula is C19H15ClN2O2. The molecule has 4 rings (SSSR count). The molecule has 120 valence electrons. The highest BCUT2D eigenvalue weighted by atomic mass is 35.5. The Kier molecular flexibility index (Phi) is 3.62. The molecule has 0 saturated heterocycles. The van der Waals surface area contributed by atoms with Crippen molar-refractivity contribution in [2.45, 2.75) is 6.42 Å². The number of aromatic nitrogens is 1. The van der Waals surface area contributed by atoms with Gasteiger partial charge in [-0.05, 0) is 36.2 Å². The maximum Gasteiger partial charge on any atom is 0.263 e. The fraction of sp³-hybridized carbons (Fsp3) is 0.158. The average molecular weight is 339 g/mol. The van der Waals surface area contributed by atoms with Gasteiger partial charge in [0.1, 0.15) is 11.6 Å². The first-order valence-electron chi connectivity index (χ1n) is 7.72. The lowest BCUT2D eigenvalue weighted by atomic mass is 10.1. The van der Waals surface area contributed by atoms with Gasteiger partial charge >= 0.3 is 0 Å². The van der Waals surface area contributed by atoms with Crippen LogP contribution in [0, 0.1) is 0 Å². The molecule has 0 unspecified atom stereocenters. The van der Waals surface area contributed by atoms with Crippen molar-refractivity contribution in [3.63, 3.8) is 0 Å². The fourth-order valence-corrected chi connectivity index (χ4v) is 3.34. The summed E-state index contributed by atoms with van der Waals surface area (Å²) in [5.74, 6) is 1.14. The summed E-state index contributed by atoms with van der Waals surface area (Å²) in [6, 6.07) is 15.0. The number of amides is 1. The van der Waals surface area contributed by atoms with E-state index in [9.17, 15) is 4.79 Å². The van der Waals surface area contributed by atoms with E-state index in [0.29, 0.717) is 28.7 Å². The highest BCUT2D eigenvalue weighted by Crippen LogP contribution is 2.33. The van der Waals surface area contributed by atoms with E-state index in [1.54, 1.807) is 24.1 Å². The van der Waals surface area contributed by atoms with Crippen molar-refractivity contribution < 1.29 is 9.53 Å². The predicted octanol–water partition coefficient (Wildman–Crippen LogP) is 4.10. The van der Waals surface area contributed by atoms with Crippen LogP contribution in [0.25, 0.3) is 10.9 Å². The van der Waals surface area contributed by atoms with Gasteiger partial charge in [0.25, 0.3) is 5.91 Å². The SMILES string of the molecule is COc1ccccc1C(=O)N1CCc2cc3cccc(Cl)c3nc21. The summed E-state index contributed by atoms with van der Waals surface area (Å²) < 4.78 is 5.31. The summed E-state index contributed by atoms with van der Waals surface area (Å²) in [7, 11) is 1.57. The number of halogens is 1. The van der Waals surface area contributed by atoms with Gasteiger partial charge in [-0.25, -0.2) is 4.98 Å². The van der Waals surface area contributed by atoms with E-state index in [1.165, 1.54) is 0 Å². The molecule has 1 aromatic heterocycles. The number of para-hydroxylation sites is 2. The van der Waals surface area contributed by atoms with Crippen molar-refractivity contribution in [3.05, 3.63) is 64.7 Å². The number of anilines is 1. The summed E-state index contributed by atoms with van der Waals surface area (Å²) in [6.45, 7) is 0.604. The smallest absolute Gasteiger partial charge is 0.263 e. The zero-order valence-electron chi connectivity index (χ0n) is 13.1. The predicted molar refractivity (Wildman–Crippen MR) is 95.1 cm³/mol. The Bertz CT molecular complexity index is 955. The Hall–Kier alpha value is -2.59. The average Bonchev–Trinajstić information content (AvgIpc) is 3.03. The number of fused-ring (bicyclic) bond motifs is 2. The summed E-state index contributed by atoms with van der Waals surface area (Å²) in [4.78, 5) is 19.4. The third-order valence-corrected chi connectivity index (χ3v) is 4.60. The molecule has 0 N–H and O–H groups in total. The molecule has 2 heterocycles. The van der Waals surface area contributed by atoms with Crippen molar-refractivity contribution in [3.8, 4) is 5.75 Å². The molecule has 5 heteroatoms. The Labute approximate surface area is 144 Å². The van der Waals surface area contributed by atoms with Gasteiger partial charge in [0.15, 0.2) is 0 Å². The van der Waals surface area contributed by atoms with E-state index in [0.717, 1.165) is 22.9 Å². The number of rotatable bonds is 2. The number of benzene rings is 2. The molecule has 2 aromatic carbocycles. The second-order valence-corrected chi connectivity index (χ2v) is 6.10. The van der Waals surface area contributed by atoms with Crippen LogP contribution in [0.5, 0.6) is 5.75 Å². The lowest BCUT2D eigenvalue weighted by Crippen LogP contribution is -2.29. The Morgan fingerprint density at radius 1 is 1.21 bits per heavy atom. The summed E-state index contributed by atoms with van der Waals surface area (Å²) in [5, 5.41) is 1.58. The van der Waals surface area contributed by atoms with Gasteiger partial charge in [-0.2, -0.15) is 0 Å². The van der Waals surface area contributed by atoms with E-state index in [2.05, 4.69) is 11.1 Å². The van der Waals surface area contributed by atoms with Gasteiger partial charge in [0.05, 0.1) is 23.2 Å². The Morgan fingerprint density at radius 2 is 2.04 bits per heavy atom. The normalized spacial score (nSPS) is 13.2. The highest BCUT2D eigenvalue weighted by Gasteiger charge is 2.29. The van der Waals surface area contributed by atoms with Gasteiger partial charge in [0, 0.05) is 11.9 Å². The Morgan fingerprint density at radius 3 is 2.88 bits per heavy atom. The Balaban J connectivity index is 1.81. The lowest BCUT2D eigenvalue weighted by molar-refractivity contribution is 0.0986. The molecule has 0 fully saturated rings. The van der Waals surface area contributed by atoms with Crippen LogP contribution in [0.3, 0.4) is 0 Å². The van der Waals surface area contributed by atoms with E-state index in [-0.39, 0.29) is 5.91 Å². The van der Waals surface area contributed by atoms with Crippen LogP contribution in [-0.4, -0.2) is 24.5 Å². The van der Waals surface area contributed by atoms with Crippen molar-refractivity contribution in [2.24, 2.45) is 0 Å². The third kappa shape index (κ3) is 2.31. The highest BCUT2D eigenvalue weighted by molar-refractivity contribution is 6.35. The summed E-state index contributed by atoms with van der Waals surface area (Å²) in [5.41, 5.74) is 2.32. The first-order valence-corrected chi connectivity index (χ1v) is 8.10. The molecule has 1 aliphatic heterocycles. The number of carbonyl (C=O) groups excluding carboxylic acids is 1. The molecule has 0 aliphatic carbocycles. The molecule has 1 amide bonds. The van der Waals surface area contributed by atoms with Crippen LogP contribution >= 0.6 is 11.6 Å². The molecule has 0 atom stereocenters. The number of hydrogen-bond acceptors (Lipinski definition) is 3. The summed E-state index contributed by atoms with van der Waals surface area (Å²) >= 11 is 6.26. The van der Waals surface area contributed by atoms with Gasteiger partial charge in [-0.15, -0.1) is 0 Å². The second kappa shape index (κ2) is 5.80. The van der Waals surface area contributed by atoms with Crippen molar-refractivity contribution >= 4 is 34.2 Å². The number of ether oxygens (including phenoxy) is 1. The number of carbonyl (C=O) groups is 1. The van der Waals surface area contributed by atoms with Crippen LogP contribution in [0.1, 0.15) is 15.9 Å². The minimum atomic E-state index is -0.106. The van der Waals surface area contributed by atoms with Gasteiger partial charge in [0.2, 0.25) is 0 Å². The minimum Gasteiger partial charge on any atom is -0.496 e. The lowest BCUT2D eigenvalue weighted by Gasteiger charge is -2.18. The molecule has 0 radical (unpaired) electrons. The van der Waals surface area contributed by atoms with E-state index >= 15 is 0 Å². The standard InChI is InChI=1S/C19H15ClN2O2/c1-24-16-8-3-2-6-14(16)19(23)22-10-9-13-11-12-5-4-7-15(20)17(12)21-18(13)22/h2-8,11H,9-10H2,1H3. The molecule has 1 aliphatic rings. The van der Waals surface area contributed by atoms with Crippen LogP contribution in [-0.2, 0) is 6.42 Å². The second-order valence-electron chi connectivity index (χ2n) is 5.69. The fourth-order valence-electron chi connectivity index (χ4n) is 3.12. The molecular weight excluding hydrogens is 324 g/mol. The molecule has 4 nitrogen and oxygen atoms in total. The number of pyridine rings is 1. The number of hydrogen-bond donors (Lipinski definition) is 0. The number of methoxy groups -OCH3 is 1. The molecule has 0 bridgehead atoms. The van der Waals surface area contributed by atoms with E-state index in [4.69, 9.17) is 16.3 Å². The third-order valence-electron chi connectivity index (χ3n) is 4.30. The van der Waals surface area contributed by atoms with Gasteiger partial charge in [-0.3, -0.25) is 9.69 Å². The molecule has 24 heavy (non-hydrogen) atoms. The quantitative estimate of drug-likeness (QED) is 0.706. The zero-order chi connectivity index (χ0) is 16.7. The largest absolute Gasteiger partial charge is 0.496 e. The first-order chi connectivity index (χ1) is 11.7. The molecule has 3 aromatic rings. The van der Waals surface area contributed by atoms with Crippen molar-refractivity contribution in [1.82, 2.24) is 4.98 Å². The molecule has 0 saturated carbocycles. The van der Waals surface area contributed by atoms with Crippen LogP contribution < -0.4 is 9.64 Å². The minimum absolute atomic E-state index is 0.106.